The van der Waals surface area contributed by atoms with Gasteiger partial charge in [0.05, 0.1) is 38.1 Å². The van der Waals surface area contributed by atoms with Crippen LogP contribution in [0.15, 0.2) is 0 Å². The summed E-state index contributed by atoms with van der Waals surface area (Å²) in [7, 11) is 0. The van der Waals surface area contributed by atoms with Crippen LogP contribution in [0.2, 0.25) is 0 Å². The van der Waals surface area contributed by atoms with Gasteiger partial charge in [0.1, 0.15) is 0 Å². The number of aliphatic hydroxyl groups excluding tert-OH is 2. The van der Waals surface area contributed by atoms with Crippen molar-refractivity contribution in [2.24, 2.45) is 0 Å². The maximum Gasteiger partial charge on any atom is 0.0781 e. The molecule has 0 saturated carbocycles. The molecule has 0 aliphatic carbocycles. The van der Waals surface area contributed by atoms with Gasteiger partial charge in [0.15, 0.2) is 0 Å². The molecule has 4 heteroatoms. The Hall–Kier alpha value is -0.160. The standard InChI is InChI=1S/C14H30O4/c1-4-5-6-7-8-14(16)11-18-13(3)10-17-12(2)9-15/h12-16H,4-11H2,1-3H3. The Morgan fingerprint density at radius 2 is 1.61 bits per heavy atom. The van der Waals surface area contributed by atoms with Crippen molar-refractivity contribution in [1.29, 1.82) is 0 Å². The van der Waals surface area contributed by atoms with Crippen LogP contribution in [-0.2, 0) is 9.47 Å². The molecule has 3 atom stereocenters. The fourth-order valence-corrected chi connectivity index (χ4v) is 1.57. The van der Waals surface area contributed by atoms with E-state index in [0.29, 0.717) is 13.2 Å². The molecule has 0 bridgehead atoms. The molecule has 2 N–H and O–H groups in total. The van der Waals surface area contributed by atoms with Crippen molar-refractivity contribution >= 4 is 0 Å². The number of ether oxygens (including phenoxy) is 2. The van der Waals surface area contributed by atoms with Crippen LogP contribution in [0.4, 0.5) is 0 Å². The van der Waals surface area contributed by atoms with E-state index in [2.05, 4.69) is 6.92 Å². The molecular weight excluding hydrogens is 232 g/mol. The first kappa shape index (κ1) is 17.8. The molecule has 0 aromatic rings. The van der Waals surface area contributed by atoms with Gasteiger partial charge < -0.3 is 19.7 Å². The van der Waals surface area contributed by atoms with Crippen LogP contribution in [0, 0.1) is 0 Å². The van der Waals surface area contributed by atoms with E-state index in [4.69, 9.17) is 14.6 Å². The summed E-state index contributed by atoms with van der Waals surface area (Å²) in [6.45, 7) is 6.74. The summed E-state index contributed by atoms with van der Waals surface area (Å²) >= 11 is 0. The average molecular weight is 262 g/mol. The molecule has 0 fully saturated rings. The minimum atomic E-state index is -0.375. The number of unbranched alkanes of at least 4 members (excludes halogenated alkanes) is 3. The zero-order valence-corrected chi connectivity index (χ0v) is 12.1. The summed E-state index contributed by atoms with van der Waals surface area (Å²) in [5.41, 5.74) is 0. The Balaban J connectivity index is 3.43. The van der Waals surface area contributed by atoms with Crippen molar-refractivity contribution in [3.8, 4) is 0 Å². The molecule has 0 heterocycles. The van der Waals surface area contributed by atoms with E-state index in [1.165, 1.54) is 19.3 Å². The van der Waals surface area contributed by atoms with Crippen LogP contribution in [-0.4, -0.2) is 48.3 Å². The largest absolute Gasteiger partial charge is 0.394 e. The minimum Gasteiger partial charge on any atom is -0.394 e. The Labute approximate surface area is 111 Å². The fourth-order valence-electron chi connectivity index (χ4n) is 1.57. The summed E-state index contributed by atoms with van der Waals surface area (Å²) in [4.78, 5) is 0. The minimum absolute atomic E-state index is 0.0206. The third-order valence-electron chi connectivity index (χ3n) is 2.84. The van der Waals surface area contributed by atoms with Crippen molar-refractivity contribution in [2.75, 3.05) is 19.8 Å². The van der Waals surface area contributed by atoms with E-state index in [1.807, 2.05) is 13.8 Å². The van der Waals surface area contributed by atoms with E-state index < -0.39 is 0 Å². The lowest BCUT2D eigenvalue weighted by atomic mass is 10.1. The molecule has 0 aliphatic rings. The second kappa shape index (κ2) is 11.9. The van der Waals surface area contributed by atoms with Gasteiger partial charge in [-0.3, -0.25) is 0 Å². The van der Waals surface area contributed by atoms with Gasteiger partial charge in [0.25, 0.3) is 0 Å². The fraction of sp³-hybridized carbons (Fsp3) is 1.00. The first-order valence-electron chi connectivity index (χ1n) is 7.12. The molecule has 0 aliphatic heterocycles. The number of hydrogen-bond acceptors (Lipinski definition) is 4. The highest BCUT2D eigenvalue weighted by molar-refractivity contribution is 4.57. The number of aliphatic hydroxyl groups is 2. The zero-order chi connectivity index (χ0) is 13.8. The third kappa shape index (κ3) is 11.0. The van der Waals surface area contributed by atoms with Gasteiger partial charge in [-0.25, -0.2) is 0 Å². The molecule has 0 amide bonds. The SMILES string of the molecule is CCCCCCC(O)COC(C)COC(C)CO. The van der Waals surface area contributed by atoms with Gasteiger partial charge in [-0.15, -0.1) is 0 Å². The van der Waals surface area contributed by atoms with Gasteiger partial charge in [-0.1, -0.05) is 32.6 Å². The molecule has 0 radical (unpaired) electrons. The predicted molar refractivity (Wildman–Crippen MR) is 72.7 cm³/mol. The smallest absolute Gasteiger partial charge is 0.0781 e. The summed E-state index contributed by atoms with van der Waals surface area (Å²) in [5, 5.41) is 18.5. The van der Waals surface area contributed by atoms with Gasteiger partial charge in [-0.2, -0.15) is 0 Å². The second-order valence-corrected chi connectivity index (χ2v) is 4.97. The highest BCUT2D eigenvalue weighted by Gasteiger charge is 2.09. The highest BCUT2D eigenvalue weighted by atomic mass is 16.5. The van der Waals surface area contributed by atoms with Crippen LogP contribution in [0.25, 0.3) is 0 Å². The lowest BCUT2D eigenvalue weighted by Gasteiger charge is -2.18. The van der Waals surface area contributed by atoms with Crippen LogP contribution in [0.1, 0.15) is 52.9 Å². The highest BCUT2D eigenvalue weighted by Crippen LogP contribution is 2.07. The van der Waals surface area contributed by atoms with Crippen LogP contribution in [0.5, 0.6) is 0 Å². The van der Waals surface area contributed by atoms with E-state index in [0.717, 1.165) is 12.8 Å². The maximum atomic E-state index is 9.72. The van der Waals surface area contributed by atoms with Gasteiger partial charge >= 0.3 is 0 Å². The third-order valence-corrected chi connectivity index (χ3v) is 2.84. The van der Waals surface area contributed by atoms with Crippen molar-refractivity contribution < 1.29 is 19.7 Å². The van der Waals surface area contributed by atoms with E-state index >= 15 is 0 Å². The zero-order valence-electron chi connectivity index (χ0n) is 12.1. The quantitative estimate of drug-likeness (QED) is 0.529. The van der Waals surface area contributed by atoms with E-state index in [1.54, 1.807) is 0 Å². The van der Waals surface area contributed by atoms with Crippen molar-refractivity contribution in [2.45, 2.75) is 71.2 Å². The Bertz CT molecular complexity index is 175. The lowest BCUT2D eigenvalue weighted by Crippen LogP contribution is -2.26. The topological polar surface area (TPSA) is 58.9 Å². The van der Waals surface area contributed by atoms with E-state index in [-0.39, 0.29) is 24.9 Å². The second-order valence-electron chi connectivity index (χ2n) is 4.97. The summed E-state index contributed by atoms with van der Waals surface area (Å²) in [5.74, 6) is 0. The summed E-state index contributed by atoms with van der Waals surface area (Å²) in [6, 6.07) is 0. The molecule has 4 nitrogen and oxygen atoms in total. The number of rotatable bonds is 12. The molecule has 0 saturated heterocycles. The van der Waals surface area contributed by atoms with Gasteiger partial charge in [0.2, 0.25) is 0 Å². The molecule has 0 aromatic heterocycles. The molecule has 3 unspecified atom stereocenters. The first-order valence-corrected chi connectivity index (χ1v) is 7.12. The van der Waals surface area contributed by atoms with Crippen LogP contribution < -0.4 is 0 Å². The van der Waals surface area contributed by atoms with E-state index in [9.17, 15) is 5.11 Å². The molecular formula is C14H30O4. The molecule has 18 heavy (non-hydrogen) atoms. The predicted octanol–water partition coefficient (Wildman–Crippen LogP) is 2.12. The molecule has 0 rings (SSSR count). The Morgan fingerprint density at radius 3 is 2.22 bits per heavy atom. The Kier molecular flexibility index (Phi) is 11.8. The normalized spacial score (nSPS) is 16.5. The van der Waals surface area contributed by atoms with Crippen molar-refractivity contribution in [3.05, 3.63) is 0 Å². The summed E-state index contributed by atoms with van der Waals surface area (Å²) in [6.07, 6.45) is 4.91. The van der Waals surface area contributed by atoms with Crippen LogP contribution >= 0.6 is 0 Å². The monoisotopic (exact) mass is 262 g/mol. The maximum absolute atomic E-state index is 9.72. The molecule has 0 spiro atoms. The van der Waals surface area contributed by atoms with Gasteiger partial charge in [-0.05, 0) is 20.3 Å². The first-order chi connectivity index (χ1) is 8.60. The van der Waals surface area contributed by atoms with Gasteiger partial charge in [0, 0.05) is 0 Å². The number of hydrogen-bond donors (Lipinski definition) is 2. The summed E-state index contributed by atoms with van der Waals surface area (Å²) < 4.78 is 10.8. The lowest BCUT2D eigenvalue weighted by molar-refractivity contribution is -0.0657. The van der Waals surface area contributed by atoms with Crippen molar-refractivity contribution in [3.63, 3.8) is 0 Å². The molecule has 0 aromatic carbocycles. The Morgan fingerprint density at radius 1 is 0.944 bits per heavy atom. The van der Waals surface area contributed by atoms with Crippen LogP contribution in [0.3, 0.4) is 0 Å². The van der Waals surface area contributed by atoms with Crippen molar-refractivity contribution in [1.82, 2.24) is 0 Å². The average Bonchev–Trinajstić information content (AvgIpc) is 2.38. The molecule has 110 valence electrons.